The first kappa shape index (κ1) is 18.6. The van der Waals surface area contributed by atoms with Crippen molar-refractivity contribution in [1.29, 1.82) is 0 Å². The van der Waals surface area contributed by atoms with Crippen LogP contribution in [0.2, 0.25) is 0 Å². The molecule has 3 rings (SSSR count). The zero-order valence-corrected chi connectivity index (χ0v) is 15.7. The van der Waals surface area contributed by atoms with Crippen LogP contribution >= 0.6 is 0 Å². The van der Waals surface area contributed by atoms with Crippen molar-refractivity contribution in [3.8, 4) is 0 Å². The van der Waals surface area contributed by atoms with E-state index in [1.54, 1.807) is 12.1 Å². The summed E-state index contributed by atoms with van der Waals surface area (Å²) in [5.74, 6) is -0.968. The molecular formula is C22H22N2O3. The van der Waals surface area contributed by atoms with Gasteiger partial charge in [-0.05, 0) is 49.6 Å². The molecule has 1 heterocycles. The second-order valence-electron chi connectivity index (χ2n) is 6.60. The predicted octanol–water partition coefficient (Wildman–Crippen LogP) is 3.89. The third-order valence-corrected chi connectivity index (χ3v) is 4.55. The van der Waals surface area contributed by atoms with Crippen LogP contribution in [0.25, 0.3) is 10.9 Å². The summed E-state index contributed by atoms with van der Waals surface area (Å²) in [6.07, 6.45) is 0. The van der Waals surface area contributed by atoms with Gasteiger partial charge in [-0.15, -0.1) is 0 Å². The normalized spacial score (nSPS) is 11.8. The number of esters is 1. The number of pyridine rings is 1. The molecule has 1 amide bonds. The Morgan fingerprint density at radius 3 is 2.59 bits per heavy atom. The van der Waals surface area contributed by atoms with Gasteiger partial charge in [-0.2, -0.15) is 0 Å². The minimum Gasteiger partial charge on any atom is -0.451 e. The number of para-hydroxylation sites is 1. The Balaban J connectivity index is 1.57. The number of fused-ring (bicyclic) bond motifs is 1. The number of hydrogen-bond donors (Lipinski definition) is 1. The van der Waals surface area contributed by atoms with Crippen LogP contribution < -0.4 is 5.32 Å². The molecule has 5 heteroatoms. The number of amides is 1. The average molecular weight is 362 g/mol. The third kappa shape index (κ3) is 4.50. The topological polar surface area (TPSA) is 68.3 Å². The zero-order chi connectivity index (χ0) is 19.4. The smallest absolute Gasteiger partial charge is 0.357 e. The zero-order valence-electron chi connectivity index (χ0n) is 15.7. The van der Waals surface area contributed by atoms with E-state index in [9.17, 15) is 9.59 Å². The van der Waals surface area contributed by atoms with Gasteiger partial charge in [-0.25, -0.2) is 9.78 Å². The van der Waals surface area contributed by atoms with E-state index in [-0.39, 0.29) is 24.2 Å². The molecule has 0 radical (unpaired) electrons. The number of rotatable bonds is 5. The molecule has 0 fully saturated rings. The molecule has 1 N–H and O–H groups in total. The number of carbonyl (C=O) groups is 2. The molecule has 1 aromatic heterocycles. The van der Waals surface area contributed by atoms with Gasteiger partial charge in [-0.1, -0.05) is 42.5 Å². The standard InChI is InChI=1S/C22H22N2O3/c1-14-8-9-18(12-15(14)2)16(3)23-21(25)13-27-22(26)20-11-10-17-6-4-5-7-19(17)24-20/h4-12,16H,13H2,1-3H3,(H,23,25)/t16-/m0/s1. The van der Waals surface area contributed by atoms with Crippen LogP contribution in [0.1, 0.15) is 40.1 Å². The summed E-state index contributed by atoms with van der Waals surface area (Å²) in [4.78, 5) is 28.6. The fourth-order valence-corrected chi connectivity index (χ4v) is 2.79. The van der Waals surface area contributed by atoms with Crippen molar-refractivity contribution in [1.82, 2.24) is 10.3 Å². The third-order valence-electron chi connectivity index (χ3n) is 4.55. The first-order valence-corrected chi connectivity index (χ1v) is 8.83. The molecule has 1 atom stereocenters. The highest BCUT2D eigenvalue weighted by molar-refractivity contribution is 5.92. The lowest BCUT2D eigenvalue weighted by Gasteiger charge is -2.15. The highest BCUT2D eigenvalue weighted by atomic mass is 16.5. The molecule has 3 aromatic rings. The first-order valence-electron chi connectivity index (χ1n) is 8.83. The maximum Gasteiger partial charge on any atom is 0.357 e. The van der Waals surface area contributed by atoms with E-state index in [0.29, 0.717) is 5.52 Å². The van der Waals surface area contributed by atoms with E-state index in [0.717, 1.165) is 10.9 Å². The van der Waals surface area contributed by atoms with Gasteiger partial charge >= 0.3 is 5.97 Å². The molecule has 0 aliphatic rings. The molecular weight excluding hydrogens is 340 g/mol. The Labute approximate surface area is 158 Å². The van der Waals surface area contributed by atoms with Crippen molar-refractivity contribution >= 4 is 22.8 Å². The quantitative estimate of drug-likeness (QED) is 0.699. The van der Waals surface area contributed by atoms with Gasteiger partial charge in [0.2, 0.25) is 0 Å². The van der Waals surface area contributed by atoms with Crippen molar-refractivity contribution < 1.29 is 14.3 Å². The molecule has 138 valence electrons. The fraction of sp³-hybridized carbons (Fsp3) is 0.227. The summed E-state index contributed by atoms with van der Waals surface area (Å²) in [5, 5.41) is 3.78. The number of hydrogen-bond acceptors (Lipinski definition) is 4. The maximum atomic E-state index is 12.2. The molecule has 0 saturated carbocycles. The van der Waals surface area contributed by atoms with Gasteiger partial charge in [0, 0.05) is 5.39 Å². The van der Waals surface area contributed by atoms with Crippen molar-refractivity contribution in [2.75, 3.05) is 6.61 Å². The molecule has 2 aromatic carbocycles. The van der Waals surface area contributed by atoms with Crippen molar-refractivity contribution in [3.63, 3.8) is 0 Å². The lowest BCUT2D eigenvalue weighted by molar-refractivity contribution is -0.124. The van der Waals surface area contributed by atoms with Gasteiger partial charge < -0.3 is 10.1 Å². The minimum absolute atomic E-state index is 0.172. The van der Waals surface area contributed by atoms with Crippen LogP contribution in [-0.2, 0) is 9.53 Å². The van der Waals surface area contributed by atoms with Crippen LogP contribution in [0.3, 0.4) is 0 Å². The monoisotopic (exact) mass is 362 g/mol. The molecule has 0 unspecified atom stereocenters. The van der Waals surface area contributed by atoms with Crippen LogP contribution in [0.5, 0.6) is 0 Å². The number of nitrogens with one attached hydrogen (secondary N) is 1. The Bertz CT molecular complexity index is 998. The second-order valence-corrected chi connectivity index (χ2v) is 6.60. The van der Waals surface area contributed by atoms with Crippen molar-refractivity contribution in [3.05, 3.63) is 77.0 Å². The Hall–Kier alpha value is -3.21. The van der Waals surface area contributed by atoms with E-state index < -0.39 is 5.97 Å². The maximum absolute atomic E-state index is 12.2. The Morgan fingerprint density at radius 2 is 1.81 bits per heavy atom. The Morgan fingerprint density at radius 1 is 1.04 bits per heavy atom. The van der Waals surface area contributed by atoms with Crippen LogP contribution in [0.15, 0.2) is 54.6 Å². The molecule has 27 heavy (non-hydrogen) atoms. The van der Waals surface area contributed by atoms with Gasteiger partial charge in [-0.3, -0.25) is 4.79 Å². The van der Waals surface area contributed by atoms with Gasteiger partial charge in [0.1, 0.15) is 5.69 Å². The molecule has 0 bridgehead atoms. The van der Waals surface area contributed by atoms with E-state index in [1.807, 2.05) is 63.2 Å². The molecule has 0 saturated heterocycles. The lowest BCUT2D eigenvalue weighted by Crippen LogP contribution is -2.31. The summed E-state index contributed by atoms with van der Waals surface area (Å²) in [5.41, 5.74) is 4.27. The van der Waals surface area contributed by atoms with E-state index in [4.69, 9.17) is 4.74 Å². The number of carbonyl (C=O) groups excluding carboxylic acids is 2. The summed E-state index contributed by atoms with van der Waals surface area (Å²) in [6, 6.07) is 16.8. The second kappa shape index (κ2) is 7.99. The Kier molecular flexibility index (Phi) is 5.50. The summed E-state index contributed by atoms with van der Waals surface area (Å²) < 4.78 is 5.10. The van der Waals surface area contributed by atoms with Crippen molar-refractivity contribution in [2.45, 2.75) is 26.8 Å². The molecule has 0 aliphatic carbocycles. The number of benzene rings is 2. The molecule has 0 spiro atoms. The lowest BCUT2D eigenvalue weighted by atomic mass is 10.0. The van der Waals surface area contributed by atoms with Crippen LogP contribution in [0, 0.1) is 13.8 Å². The summed E-state index contributed by atoms with van der Waals surface area (Å²) in [6.45, 7) is 5.63. The van der Waals surface area contributed by atoms with E-state index in [2.05, 4.69) is 10.3 Å². The molecule has 0 aliphatic heterocycles. The SMILES string of the molecule is Cc1ccc([C@H](C)NC(=O)COC(=O)c2ccc3ccccc3n2)cc1C. The first-order chi connectivity index (χ1) is 12.9. The number of ether oxygens (including phenoxy) is 1. The van der Waals surface area contributed by atoms with Gasteiger partial charge in [0.05, 0.1) is 11.6 Å². The largest absolute Gasteiger partial charge is 0.451 e. The number of nitrogens with zero attached hydrogens (tertiary/aromatic N) is 1. The van der Waals surface area contributed by atoms with Crippen LogP contribution in [-0.4, -0.2) is 23.5 Å². The minimum atomic E-state index is -0.616. The van der Waals surface area contributed by atoms with Gasteiger partial charge in [0.15, 0.2) is 6.61 Å². The van der Waals surface area contributed by atoms with Gasteiger partial charge in [0.25, 0.3) is 5.91 Å². The average Bonchev–Trinajstić information content (AvgIpc) is 2.67. The number of aromatic nitrogens is 1. The predicted molar refractivity (Wildman–Crippen MR) is 104 cm³/mol. The molecule has 5 nitrogen and oxygen atoms in total. The van der Waals surface area contributed by atoms with E-state index in [1.165, 1.54) is 11.1 Å². The van der Waals surface area contributed by atoms with Crippen molar-refractivity contribution in [2.24, 2.45) is 0 Å². The highest BCUT2D eigenvalue weighted by Gasteiger charge is 2.14. The highest BCUT2D eigenvalue weighted by Crippen LogP contribution is 2.17. The van der Waals surface area contributed by atoms with E-state index >= 15 is 0 Å². The summed E-state index contributed by atoms with van der Waals surface area (Å²) >= 11 is 0. The van der Waals surface area contributed by atoms with Crippen LogP contribution in [0.4, 0.5) is 0 Å². The summed E-state index contributed by atoms with van der Waals surface area (Å²) in [7, 11) is 0. The number of aryl methyl sites for hydroxylation is 2. The fourth-order valence-electron chi connectivity index (χ4n) is 2.79.